The lowest BCUT2D eigenvalue weighted by molar-refractivity contribution is -0.139. The van der Waals surface area contributed by atoms with Crippen LogP contribution in [-0.4, -0.2) is 44.4 Å². The number of halogens is 3. The Morgan fingerprint density at radius 3 is 2.51 bits per heavy atom. The summed E-state index contributed by atoms with van der Waals surface area (Å²) in [5.74, 6) is -0.0841. The maximum absolute atomic E-state index is 12.6. The monoisotopic (exact) mass is 718 g/mol. The first-order valence-corrected chi connectivity index (χ1v) is 15.1. The number of methoxy groups -OCH3 is 1. The number of esters is 1. The van der Waals surface area contributed by atoms with E-state index in [2.05, 4.69) is 37.1 Å². The molecule has 11 nitrogen and oxygen atoms in total. The number of hydrogen-bond acceptors (Lipinski definition) is 8. The van der Waals surface area contributed by atoms with Crippen molar-refractivity contribution in [2.75, 3.05) is 20.3 Å². The van der Waals surface area contributed by atoms with Gasteiger partial charge in [0.15, 0.2) is 18.1 Å². The zero-order valence-electron chi connectivity index (χ0n) is 24.4. The summed E-state index contributed by atoms with van der Waals surface area (Å²) in [6.45, 7) is 3.37. The Bertz CT molecular complexity index is 1650. The Balaban J connectivity index is 1.41. The summed E-state index contributed by atoms with van der Waals surface area (Å²) < 4.78 is 22.9. The van der Waals surface area contributed by atoms with Crippen LogP contribution in [0, 0.1) is 0 Å². The number of hydrazone groups is 1. The van der Waals surface area contributed by atoms with Crippen LogP contribution < -0.4 is 30.3 Å². The highest BCUT2D eigenvalue weighted by atomic mass is 79.9. The molecule has 3 N–H and O–H groups in total. The predicted molar refractivity (Wildman–Crippen MR) is 173 cm³/mol. The molecule has 3 aromatic carbocycles. The molecule has 0 saturated carbocycles. The summed E-state index contributed by atoms with van der Waals surface area (Å²) in [5, 5.41) is 10.4. The van der Waals surface area contributed by atoms with Gasteiger partial charge in [0, 0.05) is 21.3 Å². The molecule has 0 aromatic heterocycles. The maximum atomic E-state index is 12.6. The van der Waals surface area contributed by atoms with Gasteiger partial charge in [0.2, 0.25) is 0 Å². The van der Waals surface area contributed by atoms with Gasteiger partial charge in [-0.05, 0) is 77.3 Å². The van der Waals surface area contributed by atoms with Crippen molar-refractivity contribution in [3.05, 3.63) is 97.1 Å². The molecule has 3 aromatic rings. The fraction of sp³-hybridized carbons (Fsp3) is 0.226. The van der Waals surface area contributed by atoms with Gasteiger partial charge in [-0.3, -0.25) is 4.79 Å². The number of urea groups is 1. The van der Waals surface area contributed by atoms with Crippen LogP contribution in [0.5, 0.6) is 17.2 Å². The fourth-order valence-corrected chi connectivity index (χ4v) is 5.39. The Morgan fingerprint density at radius 1 is 1.04 bits per heavy atom. The van der Waals surface area contributed by atoms with Gasteiger partial charge < -0.3 is 29.6 Å². The third kappa shape index (κ3) is 8.90. The third-order valence-corrected chi connectivity index (χ3v) is 7.43. The summed E-state index contributed by atoms with van der Waals surface area (Å²) in [6, 6.07) is 14.2. The first kappa shape index (κ1) is 33.6. The van der Waals surface area contributed by atoms with Crippen LogP contribution >= 0.6 is 39.1 Å². The lowest BCUT2D eigenvalue weighted by Gasteiger charge is -2.28. The number of carbonyl (C=O) groups is 3. The molecule has 1 aliphatic rings. The largest absolute Gasteiger partial charge is 0.493 e. The van der Waals surface area contributed by atoms with Crippen molar-refractivity contribution in [3.8, 4) is 17.2 Å². The van der Waals surface area contributed by atoms with Crippen molar-refractivity contribution >= 4 is 63.3 Å². The average Bonchev–Trinajstić information content (AvgIpc) is 3.00. The van der Waals surface area contributed by atoms with E-state index in [1.807, 2.05) is 12.1 Å². The molecule has 0 aliphatic carbocycles. The number of carbonyl (C=O) groups excluding carboxylic acids is 3. The SMILES string of the molecule is CCOC(=O)C1=C(C)NC(=O)N[C@H]1c1ccc(OCC(=O)N/N=C/c2cc(Cl)cc(Br)c2OCc2ccc(Cl)cc2)c(OC)c1. The van der Waals surface area contributed by atoms with Crippen LogP contribution in [0.4, 0.5) is 4.79 Å². The molecule has 0 fully saturated rings. The molecule has 45 heavy (non-hydrogen) atoms. The molecule has 1 atom stereocenters. The topological polar surface area (TPSA) is 137 Å². The van der Waals surface area contributed by atoms with Gasteiger partial charge in [0.25, 0.3) is 5.91 Å². The molecule has 4 rings (SSSR count). The molecular weight excluding hydrogens is 691 g/mol. The van der Waals surface area contributed by atoms with Crippen LogP contribution in [0.3, 0.4) is 0 Å². The Kier molecular flexibility index (Phi) is 11.7. The Labute approximate surface area is 278 Å². The number of hydrogen-bond donors (Lipinski definition) is 3. The van der Waals surface area contributed by atoms with Crippen molar-refractivity contribution in [3.63, 3.8) is 0 Å². The van der Waals surface area contributed by atoms with E-state index in [0.717, 1.165) is 5.56 Å². The molecule has 0 saturated heterocycles. The van der Waals surface area contributed by atoms with E-state index in [-0.39, 0.29) is 36.9 Å². The molecule has 3 amide bonds. The normalized spacial score (nSPS) is 14.4. The minimum atomic E-state index is -0.787. The van der Waals surface area contributed by atoms with E-state index in [1.54, 1.807) is 56.3 Å². The van der Waals surface area contributed by atoms with E-state index >= 15 is 0 Å². The molecule has 0 spiro atoms. The first-order valence-electron chi connectivity index (χ1n) is 13.5. The zero-order valence-corrected chi connectivity index (χ0v) is 27.5. The fourth-order valence-electron chi connectivity index (χ4n) is 4.32. The van der Waals surface area contributed by atoms with Crippen LogP contribution in [-0.2, 0) is 20.9 Å². The van der Waals surface area contributed by atoms with Crippen LogP contribution in [0.15, 0.2) is 75.4 Å². The Hall–Kier alpha value is -4.26. The molecule has 14 heteroatoms. The molecule has 236 valence electrons. The minimum absolute atomic E-state index is 0.175. The number of amides is 3. The molecule has 0 unspecified atom stereocenters. The van der Waals surface area contributed by atoms with Crippen molar-refractivity contribution in [2.24, 2.45) is 5.10 Å². The van der Waals surface area contributed by atoms with Gasteiger partial charge in [-0.2, -0.15) is 5.10 Å². The van der Waals surface area contributed by atoms with E-state index < -0.39 is 23.9 Å². The van der Waals surface area contributed by atoms with E-state index in [9.17, 15) is 14.4 Å². The molecule has 0 radical (unpaired) electrons. The molecule has 1 aliphatic heterocycles. The smallest absolute Gasteiger partial charge is 0.338 e. The maximum Gasteiger partial charge on any atom is 0.338 e. The van der Waals surface area contributed by atoms with E-state index in [4.69, 9.17) is 42.1 Å². The van der Waals surface area contributed by atoms with E-state index in [1.165, 1.54) is 13.3 Å². The lowest BCUT2D eigenvalue weighted by atomic mass is 9.95. The number of nitrogens with zero attached hydrogens (tertiary/aromatic N) is 1. The van der Waals surface area contributed by atoms with Crippen molar-refractivity contribution in [1.29, 1.82) is 0 Å². The zero-order chi connectivity index (χ0) is 32.5. The second kappa shape index (κ2) is 15.6. The summed E-state index contributed by atoms with van der Waals surface area (Å²) >= 11 is 15.6. The summed E-state index contributed by atoms with van der Waals surface area (Å²) in [4.78, 5) is 37.3. The highest BCUT2D eigenvalue weighted by Crippen LogP contribution is 2.35. The minimum Gasteiger partial charge on any atom is -0.493 e. The van der Waals surface area contributed by atoms with Gasteiger partial charge in [0.05, 0.1) is 36.0 Å². The average molecular weight is 720 g/mol. The van der Waals surface area contributed by atoms with Gasteiger partial charge >= 0.3 is 12.0 Å². The highest BCUT2D eigenvalue weighted by molar-refractivity contribution is 9.10. The van der Waals surface area contributed by atoms with Gasteiger partial charge in [0.1, 0.15) is 12.4 Å². The lowest BCUT2D eigenvalue weighted by Crippen LogP contribution is -2.45. The van der Waals surface area contributed by atoms with Gasteiger partial charge in [-0.1, -0.05) is 41.4 Å². The summed E-state index contributed by atoms with van der Waals surface area (Å²) in [5.41, 5.74) is 5.03. The number of benzene rings is 3. The van der Waals surface area contributed by atoms with Gasteiger partial charge in [-0.15, -0.1) is 0 Å². The Morgan fingerprint density at radius 2 is 1.80 bits per heavy atom. The van der Waals surface area contributed by atoms with Crippen molar-refractivity contribution in [2.45, 2.75) is 26.5 Å². The van der Waals surface area contributed by atoms with Crippen LogP contribution in [0.1, 0.15) is 36.6 Å². The third-order valence-electron chi connectivity index (χ3n) is 6.37. The number of nitrogens with one attached hydrogen (secondary N) is 3. The first-order chi connectivity index (χ1) is 21.6. The quantitative estimate of drug-likeness (QED) is 0.118. The van der Waals surface area contributed by atoms with Crippen LogP contribution in [0.2, 0.25) is 10.0 Å². The predicted octanol–water partition coefficient (Wildman–Crippen LogP) is 6.06. The second-order valence-corrected chi connectivity index (χ2v) is 11.2. The summed E-state index contributed by atoms with van der Waals surface area (Å²) in [6.07, 6.45) is 1.41. The second-order valence-electron chi connectivity index (χ2n) is 9.50. The molecule has 0 bridgehead atoms. The van der Waals surface area contributed by atoms with Crippen LogP contribution in [0.25, 0.3) is 0 Å². The highest BCUT2D eigenvalue weighted by Gasteiger charge is 2.32. The van der Waals surface area contributed by atoms with E-state index in [0.29, 0.717) is 37.1 Å². The molecule has 1 heterocycles. The number of ether oxygens (including phenoxy) is 4. The number of allylic oxidation sites excluding steroid dienone is 1. The molecular formula is C31H29BrCl2N4O7. The van der Waals surface area contributed by atoms with Crippen molar-refractivity contribution in [1.82, 2.24) is 16.1 Å². The standard InChI is InChI=1S/C31H29BrCl2N4O7/c1-4-43-30(40)27-17(2)36-31(41)37-28(27)19-7-10-24(25(12-19)42-3)44-16-26(39)38-35-14-20-11-22(34)13-23(32)29(20)45-15-18-5-8-21(33)9-6-18/h5-14,28H,4,15-16H2,1-3H3,(H,38,39)(H2,36,37,41)/b35-14+/t28-/m0/s1. The van der Waals surface area contributed by atoms with Gasteiger partial charge in [-0.25, -0.2) is 15.0 Å². The summed E-state index contributed by atoms with van der Waals surface area (Å²) in [7, 11) is 1.43. The number of rotatable bonds is 12. The van der Waals surface area contributed by atoms with Crippen molar-refractivity contribution < 1.29 is 33.3 Å².